The summed E-state index contributed by atoms with van der Waals surface area (Å²) < 4.78 is 2.88. The monoisotopic (exact) mass is 323 g/mol. The van der Waals surface area contributed by atoms with Crippen LogP contribution in [0.1, 0.15) is 17.2 Å². The highest BCUT2D eigenvalue weighted by Gasteiger charge is 2.06. The van der Waals surface area contributed by atoms with E-state index in [4.69, 9.17) is 0 Å². The summed E-state index contributed by atoms with van der Waals surface area (Å²) in [5.41, 5.74) is 2.07. The SMILES string of the molecule is Cc1cnn(CCNC[C@H](O)c2cccc(Br)c2)c1. The van der Waals surface area contributed by atoms with Crippen molar-refractivity contribution in [2.45, 2.75) is 19.6 Å². The fourth-order valence-electron chi connectivity index (χ4n) is 1.85. The molecule has 0 spiro atoms. The third kappa shape index (κ3) is 4.45. The van der Waals surface area contributed by atoms with Gasteiger partial charge in [-0.15, -0.1) is 0 Å². The maximum atomic E-state index is 10.0. The van der Waals surface area contributed by atoms with Crippen molar-refractivity contribution in [3.8, 4) is 0 Å². The molecule has 0 aliphatic carbocycles. The third-order valence-electron chi connectivity index (χ3n) is 2.85. The molecule has 2 rings (SSSR count). The molecule has 2 aromatic rings. The minimum absolute atomic E-state index is 0.489. The zero-order chi connectivity index (χ0) is 13.7. The largest absolute Gasteiger partial charge is 0.387 e. The van der Waals surface area contributed by atoms with Crippen molar-refractivity contribution in [1.82, 2.24) is 15.1 Å². The van der Waals surface area contributed by atoms with E-state index < -0.39 is 6.10 Å². The second kappa shape index (κ2) is 6.84. The second-order valence-electron chi connectivity index (χ2n) is 4.56. The average Bonchev–Trinajstić information content (AvgIpc) is 2.80. The Hall–Kier alpha value is -1.17. The summed E-state index contributed by atoms with van der Waals surface area (Å²) in [4.78, 5) is 0. The molecule has 5 heteroatoms. The van der Waals surface area contributed by atoms with Crippen LogP contribution in [0.25, 0.3) is 0 Å². The van der Waals surface area contributed by atoms with E-state index in [1.807, 2.05) is 48.3 Å². The van der Waals surface area contributed by atoms with E-state index in [2.05, 4.69) is 26.3 Å². The number of aromatic nitrogens is 2. The number of aliphatic hydroxyl groups excluding tert-OH is 1. The van der Waals surface area contributed by atoms with E-state index in [0.717, 1.165) is 28.7 Å². The number of hydrogen-bond donors (Lipinski definition) is 2. The molecule has 2 N–H and O–H groups in total. The highest BCUT2D eigenvalue weighted by atomic mass is 79.9. The first-order valence-corrected chi connectivity index (χ1v) is 7.08. The summed E-state index contributed by atoms with van der Waals surface area (Å²) >= 11 is 3.40. The van der Waals surface area contributed by atoms with Gasteiger partial charge in [0, 0.05) is 23.8 Å². The van der Waals surface area contributed by atoms with Crippen molar-refractivity contribution in [2.75, 3.05) is 13.1 Å². The van der Waals surface area contributed by atoms with Crippen LogP contribution in [0.5, 0.6) is 0 Å². The van der Waals surface area contributed by atoms with Gasteiger partial charge in [0.25, 0.3) is 0 Å². The Kier molecular flexibility index (Phi) is 5.13. The van der Waals surface area contributed by atoms with Crippen LogP contribution in [0.2, 0.25) is 0 Å². The summed E-state index contributed by atoms with van der Waals surface area (Å²) in [6.45, 7) is 4.15. The predicted octanol–water partition coefficient (Wildman–Crippen LogP) is 2.28. The molecular formula is C14H18BrN3O. The van der Waals surface area contributed by atoms with Gasteiger partial charge < -0.3 is 10.4 Å². The summed E-state index contributed by atoms with van der Waals surface area (Å²) in [6, 6.07) is 7.73. The molecule has 0 unspecified atom stereocenters. The molecule has 1 atom stereocenters. The summed E-state index contributed by atoms with van der Waals surface area (Å²) in [5, 5.41) is 17.5. The zero-order valence-electron chi connectivity index (χ0n) is 10.9. The van der Waals surface area contributed by atoms with Crippen molar-refractivity contribution in [2.24, 2.45) is 0 Å². The number of nitrogens with zero attached hydrogens (tertiary/aromatic N) is 2. The highest BCUT2D eigenvalue weighted by Crippen LogP contribution is 2.17. The number of rotatable bonds is 6. The smallest absolute Gasteiger partial charge is 0.0914 e. The molecule has 0 aliphatic heterocycles. The van der Waals surface area contributed by atoms with E-state index in [1.165, 1.54) is 0 Å². The molecule has 0 aliphatic rings. The van der Waals surface area contributed by atoms with Gasteiger partial charge in [-0.1, -0.05) is 28.1 Å². The Morgan fingerprint density at radius 3 is 3.00 bits per heavy atom. The van der Waals surface area contributed by atoms with Crippen LogP contribution < -0.4 is 5.32 Å². The van der Waals surface area contributed by atoms with E-state index in [-0.39, 0.29) is 0 Å². The molecule has 0 saturated carbocycles. The molecule has 1 aromatic heterocycles. The van der Waals surface area contributed by atoms with Crippen molar-refractivity contribution in [1.29, 1.82) is 0 Å². The van der Waals surface area contributed by atoms with Crippen LogP contribution in [-0.2, 0) is 6.54 Å². The Bertz CT molecular complexity index is 527. The maximum Gasteiger partial charge on any atom is 0.0914 e. The number of benzene rings is 1. The van der Waals surface area contributed by atoms with Crippen LogP contribution in [0.3, 0.4) is 0 Å². The van der Waals surface area contributed by atoms with Gasteiger partial charge in [0.15, 0.2) is 0 Å². The number of nitrogens with one attached hydrogen (secondary N) is 1. The Morgan fingerprint density at radius 2 is 2.32 bits per heavy atom. The fourth-order valence-corrected chi connectivity index (χ4v) is 2.27. The van der Waals surface area contributed by atoms with Gasteiger partial charge in [0.05, 0.1) is 18.8 Å². The minimum Gasteiger partial charge on any atom is -0.387 e. The first-order valence-electron chi connectivity index (χ1n) is 6.28. The van der Waals surface area contributed by atoms with E-state index >= 15 is 0 Å². The predicted molar refractivity (Wildman–Crippen MR) is 78.9 cm³/mol. The molecule has 4 nitrogen and oxygen atoms in total. The van der Waals surface area contributed by atoms with Gasteiger partial charge in [-0.3, -0.25) is 4.68 Å². The molecule has 0 saturated heterocycles. The lowest BCUT2D eigenvalue weighted by Crippen LogP contribution is -2.25. The second-order valence-corrected chi connectivity index (χ2v) is 5.47. The van der Waals surface area contributed by atoms with Gasteiger partial charge in [-0.05, 0) is 30.2 Å². The quantitative estimate of drug-likeness (QED) is 0.802. The standard InChI is InChI=1S/C14H18BrN3O/c1-11-8-17-18(10-11)6-5-16-9-14(19)12-3-2-4-13(15)7-12/h2-4,7-8,10,14,16,19H,5-6,9H2,1H3/t14-/m0/s1. The van der Waals surface area contributed by atoms with E-state index in [1.54, 1.807) is 0 Å². The third-order valence-corrected chi connectivity index (χ3v) is 3.34. The normalized spacial score (nSPS) is 12.6. The topological polar surface area (TPSA) is 50.1 Å². The van der Waals surface area contributed by atoms with Gasteiger partial charge in [-0.2, -0.15) is 5.10 Å². The first-order chi connectivity index (χ1) is 9.15. The molecule has 1 heterocycles. The zero-order valence-corrected chi connectivity index (χ0v) is 12.5. The van der Waals surface area contributed by atoms with Gasteiger partial charge in [0.1, 0.15) is 0 Å². The fraction of sp³-hybridized carbons (Fsp3) is 0.357. The summed E-state index contributed by atoms with van der Waals surface area (Å²) in [5.74, 6) is 0. The molecule has 102 valence electrons. The minimum atomic E-state index is -0.489. The van der Waals surface area contributed by atoms with Gasteiger partial charge >= 0.3 is 0 Å². The lowest BCUT2D eigenvalue weighted by Gasteiger charge is -2.12. The molecule has 0 bridgehead atoms. The van der Waals surface area contributed by atoms with Crippen LogP contribution in [0, 0.1) is 6.92 Å². The maximum absolute atomic E-state index is 10.0. The molecule has 0 radical (unpaired) electrons. The lowest BCUT2D eigenvalue weighted by molar-refractivity contribution is 0.174. The van der Waals surface area contributed by atoms with E-state index in [0.29, 0.717) is 6.54 Å². The molecular weight excluding hydrogens is 306 g/mol. The Morgan fingerprint density at radius 1 is 1.47 bits per heavy atom. The Labute approximate surface area is 121 Å². The van der Waals surface area contributed by atoms with Crippen molar-refractivity contribution < 1.29 is 5.11 Å². The number of halogens is 1. The first kappa shape index (κ1) is 14.2. The molecule has 1 aromatic carbocycles. The van der Waals surface area contributed by atoms with Crippen LogP contribution in [0.4, 0.5) is 0 Å². The van der Waals surface area contributed by atoms with Crippen molar-refractivity contribution in [3.05, 3.63) is 52.3 Å². The summed E-state index contributed by atoms with van der Waals surface area (Å²) in [6.07, 6.45) is 3.36. The van der Waals surface area contributed by atoms with Crippen molar-refractivity contribution in [3.63, 3.8) is 0 Å². The highest BCUT2D eigenvalue weighted by molar-refractivity contribution is 9.10. The number of aryl methyl sites for hydroxylation is 1. The Balaban J connectivity index is 1.73. The number of aliphatic hydroxyl groups is 1. The van der Waals surface area contributed by atoms with Crippen LogP contribution in [-0.4, -0.2) is 28.0 Å². The summed E-state index contributed by atoms with van der Waals surface area (Å²) in [7, 11) is 0. The van der Waals surface area contributed by atoms with Crippen LogP contribution >= 0.6 is 15.9 Å². The molecule has 19 heavy (non-hydrogen) atoms. The van der Waals surface area contributed by atoms with Gasteiger partial charge in [0.2, 0.25) is 0 Å². The van der Waals surface area contributed by atoms with Gasteiger partial charge in [-0.25, -0.2) is 0 Å². The van der Waals surface area contributed by atoms with Crippen molar-refractivity contribution >= 4 is 15.9 Å². The average molecular weight is 324 g/mol. The van der Waals surface area contributed by atoms with Crippen LogP contribution in [0.15, 0.2) is 41.1 Å². The number of hydrogen-bond acceptors (Lipinski definition) is 3. The molecule has 0 amide bonds. The lowest BCUT2D eigenvalue weighted by atomic mass is 10.1. The molecule has 0 fully saturated rings. The van der Waals surface area contributed by atoms with E-state index in [9.17, 15) is 5.11 Å².